The lowest BCUT2D eigenvalue weighted by Crippen LogP contribution is -1.96. The van der Waals surface area contributed by atoms with Crippen molar-refractivity contribution in [2.24, 2.45) is 5.73 Å². The van der Waals surface area contributed by atoms with Crippen molar-refractivity contribution < 1.29 is 9.13 Å². The molecule has 2 nitrogen and oxygen atoms in total. The Bertz CT molecular complexity index is 379. The smallest absolute Gasteiger partial charge is 0.180 e. The van der Waals surface area contributed by atoms with Gasteiger partial charge in [-0.1, -0.05) is 17.9 Å². The van der Waals surface area contributed by atoms with Gasteiger partial charge in [0.25, 0.3) is 0 Å². The van der Waals surface area contributed by atoms with Crippen LogP contribution in [0, 0.1) is 17.7 Å². The number of hydrogen-bond acceptors (Lipinski definition) is 2. The first kappa shape index (κ1) is 11.5. The molecular formula is C12H14FNO. The van der Waals surface area contributed by atoms with Crippen molar-refractivity contribution in [3.8, 4) is 17.6 Å². The van der Waals surface area contributed by atoms with Gasteiger partial charge in [0.1, 0.15) is 0 Å². The van der Waals surface area contributed by atoms with E-state index >= 15 is 0 Å². The molecule has 3 heteroatoms. The molecule has 0 radical (unpaired) electrons. The number of halogens is 1. The van der Waals surface area contributed by atoms with Gasteiger partial charge in [-0.05, 0) is 25.1 Å². The lowest BCUT2D eigenvalue weighted by atomic mass is 10.2. The molecule has 15 heavy (non-hydrogen) atoms. The van der Waals surface area contributed by atoms with Gasteiger partial charge in [0.15, 0.2) is 11.6 Å². The van der Waals surface area contributed by atoms with E-state index in [1.807, 2.05) is 0 Å². The molecule has 0 heterocycles. The van der Waals surface area contributed by atoms with E-state index in [-0.39, 0.29) is 5.75 Å². The van der Waals surface area contributed by atoms with Crippen LogP contribution in [0.5, 0.6) is 5.75 Å². The van der Waals surface area contributed by atoms with Gasteiger partial charge in [-0.2, -0.15) is 0 Å². The average molecular weight is 207 g/mol. The molecule has 0 aliphatic rings. The zero-order valence-corrected chi connectivity index (χ0v) is 8.72. The van der Waals surface area contributed by atoms with Gasteiger partial charge < -0.3 is 10.5 Å². The first-order valence-electron chi connectivity index (χ1n) is 4.81. The Labute approximate surface area is 89.2 Å². The maximum absolute atomic E-state index is 13.5. The molecule has 0 saturated heterocycles. The van der Waals surface area contributed by atoms with Crippen molar-refractivity contribution in [1.82, 2.24) is 0 Å². The van der Waals surface area contributed by atoms with E-state index in [0.717, 1.165) is 6.42 Å². The highest BCUT2D eigenvalue weighted by molar-refractivity contribution is 5.41. The third-order valence-electron chi connectivity index (χ3n) is 1.91. The number of rotatable bonds is 3. The van der Waals surface area contributed by atoms with Gasteiger partial charge in [-0.25, -0.2) is 4.39 Å². The largest absolute Gasteiger partial charge is 0.494 e. The minimum atomic E-state index is -0.403. The topological polar surface area (TPSA) is 35.2 Å². The zero-order chi connectivity index (χ0) is 11.1. The van der Waals surface area contributed by atoms with Gasteiger partial charge in [-0.3, -0.25) is 0 Å². The van der Waals surface area contributed by atoms with E-state index in [4.69, 9.17) is 10.5 Å². The molecule has 0 spiro atoms. The summed E-state index contributed by atoms with van der Waals surface area (Å²) >= 11 is 0. The molecule has 1 rings (SSSR count). The fourth-order valence-corrected chi connectivity index (χ4v) is 1.11. The number of nitrogens with two attached hydrogens (primary N) is 1. The highest BCUT2D eigenvalue weighted by Gasteiger charge is 2.04. The summed E-state index contributed by atoms with van der Waals surface area (Å²) in [7, 11) is 1.43. The summed E-state index contributed by atoms with van der Waals surface area (Å²) in [4.78, 5) is 0. The third kappa shape index (κ3) is 3.26. The van der Waals surface area contributed by atoms with Crippen LogP contribution in [0.25, 0.3) is 0 Å². The van der Waals surface area contributed by atoms with Gasteiger partial charge in [0.2, 0.25) is 0 Å². The lowest BCUT2D eigenvalue weighted by Gasteiger charge is -2.01. The van der Waals surface area contributed by atoms with Crippen molar-refractivity contribution in [3.05, 3.63) is 29.6 Å². The molecule has 0 saturated carbocycles. The second-order valence-corrected chi connectivity index (χ2v) is 3.02. The van der Waals surface area contributed by atoms with Crippen LogP contribution < -0.4 is 10.5 Å². The summed E-state index contributed by atoms with van der Waals surface area (Å²) in [5, 5.41) is 0. The SMILES string of the molecule is COc1cccc(C#CCCCN)c1F. The standard InChI is InChI=1S/C12H14FNO/c1-15-11-8-5-7-10(12(11)13)6-3-2-4-9-14/h5,7-8H,2,4,9,14H2,1H3. The van der Waals surface area contributed by atoms with E-state index in [0.29, 0.717) is 18.5 Å². The van der Waals surface area contributed by atoms with Crippen LogP contribution in [-0.2, 0) is 0 Å². The van der Waals surface area contributed by atoms with Gasteiger partial charge >= 0.3 is 0 Å². The fourth-order valence-electron chi connectivity index (χ4n) is 1.11. The highest BCUT2D eigenvalue weighted by Crippen LogP contribution is 2.18. The molecule has 80 valence electrons. The van der Waals surface area contributed by atoms with Crippen LogP contribution in [0.3, 0.4) is 0 Å². The molecule has 0 aliphatic heterocycles. The Morgan fingerprint density at radius 3 is 2.93 bits per heavy atom. The Balaban J connectivity index is 2.79. The number of benzene rings is 1. The molecule has 0 aliphatic carbocycles. The number of ether oxygens (including phenoxy) is 1. The van der Waals surface area contributed by atoms with Crippen LogP contribution in [0.4, 0.5) is 4.39 Å². The Hall–Kier alpha value is -1.53. The van der Waals surface area contributed by atoms with Crippen molar-refractivity contribution in [3.63, 3.8) is 0 Å². The lowest BCUT2D eigenvalue weighted by molar-refractivity contribution is 0.386. The van der Waals surface area contributed by atoms with E-state index in [9.17, 15) is 4.39 Å². The molecule has 0 amide bonds. The van der Waals surface area contributed by atoms with Gasteiger partial charge in [0, 0.05) is 6.42 Å². The van der Waals surface area contributed by atoms with Crippen molar-refractivity contribution in [2.75, 3.05) is 13.7 Å². The molecule has 0 atom stereocenters. The number of unbranched alkanes of at least 4 members (excludes halogenated alkanes) is 1. The minimum Gasteiger partial charge on any atom is -0.494 e. The molecule has 1 aromatic carbocycles. The summed E-state index contributed by atoms with van der Waals surface area (Å²) in [6, 6.07) is 4.92. The molecule has 0 unspecified atom stereocenters. The predicted octanol–water partition coefficient (Wildman–Crippen LogP) is 1.92. The Kier molecular flexibility index (Phi) is 4.65. The molecule has 1 aromatic rings. The summed E-state index contributed by atoms with van der Waals surface area (Å²) in [5.41, 5.74) is 5.69. The van der Waals surface area contributed by atoms with Gasteiger partial charge in [-0.15, -0.1) is 0 Å². The monoisotopic (exact) mass is 207 g/mol. The molecular weight excluding hydrogens is 193 g/mol. The maximum Gasteiger partial charge on any atom is 0.180 e. The first-order valence-corrected chi connectivity index (χ1v) is 4.81. The van der Waals surface area contributed by atoms with Crippen molar-refractivity contribution in [2.45, 2.75) is 12.8 Å². The summed E-state index contributed by atoms with van der Waals surface area (Å²) < 4.78 is 18.4. The van der Waals surface area contributed by atoms with E-state index < -0.39 is 5.82 Å². The minimum absolute atomic E-state index is 0.223. The van der Waals surface area contributed by atoms with Crippen LogP contribution in [-0.4, -0.2) is 13.7 Å². The first-order chi connectivity index (χ1) is 7.29. The third-order valence-corrected chi connectivity index (χ3v) is 1.91. The molecule has 0 fully saturated rings. The van der Waals surface area contributed by atoms with Gasteiger partial charge in [0.05, 0.1) is 12.7 Å². The summed E-state index contributed by atoms with van der Waals surface area (Å²) in [5.74, 6) is 5.45. The van der Waals surface area contributed by atoms with Crippen LogP contribution in [0.2, 0.25) is 0 Å². The Morgan fingerprint density at radius 2 is 2.27 bits per heavy atom. The van der Waals surface area contributed by atoms with Crippen LogP contribution in [0.15, 0.2) is 18.2 Å². The maximum atomic E-state index is 13.5. The Morgan fingerprint density at radius 1 is 1.47 bits per heavy atom. The predicted molar refractivity (Wildman–Crippen MR) is 58.1 cm³/mol. The van der Waals surface area contributed by atoms with E-state index in [2.05, 4.69) is 11.8 Å². The molecule has 0 bridgehead atoms. The van der Waals surface area contributed by atoms with Crippen molar-refractivity contribution >= 4 is 0 Å². The average Bonchev–Trinajstić information content (AvgIpc) is 2.26. The number of methoxy groups -OCH3 is 1. The zero-order valence-electron chi connectivity index (χ0n) is 8.72. The van der Waals surface area contributed by atoms with E-state index in [1.54, 1.807) is 18.2 Å². The highest BCUT2D eigenvalue weighted by atomic mass is 19.1. The number of hydrogen-bond donors (Lipinski definition) is 1. The normalized spacial score (nSPS) is 9.27. The van der Waals surface area contributed by atoms with E-state index in [1.165, 1.54) is 7.11 Å². The second kappa shape index (κ2) is 6.05. The quantitative estimate of drug-likeness (QED) is 0.607. The second-order valence-electron chi connectivity index (χ2n) is 3.02. The molecule has 0 aromatic heterocycles. The van der Waals surface area contributed by atoms with Crippen LogP contribution in [0.1, 0.15) is 18.4 Å². The summed E-state index contributed by atoms with van der Waals surface area (Å²) in [6.07, 6.45) is 1.52. The summed E-state index contributed by atoms with van der Waals surface area (Å²) in [6.45, 7) is 0.606. The van der Waals surface area contributed by atoms with Crippen molar-refractivity contribution in [1.29, 1.82) is 0 Å². The van der Waals surface area contributed by atoms with Crippen LogP contribution >= 0.6 is 0 Å². The fraction of sp³-hybridized carbons (Fsp3) is 0.333. The molecule has 2 N–H and O–H groups in total.